The van der Waals surface area contributed by atoms with Crippen molar-refractivity contribution in [1.29, 1.82) is 0 Å². The van der Waals surface area contributed by atoms with Crippen LogP contribution in [-0.2, 0) is 21.4 Å². The number of amidine groups is 1. The molecule has 0 radical (unpaired) electrons. The molecule has 3 aliphatic rings. The summed E-state index contributed by atoms with van der Waals surface area (Å²) in [5, 5.41) is 5.62. The number of hydrogen-bond acceptors (Lipinski definition) is 7. The maximum atomic E-state index is 13.5. The number of carbonyl (C=O) groups excluding carboxylic acids is 1. The van der Waals surface area contributed by atoms with E-state index in [1.165, 1.54) is 17.3 Å². The van der Waals surface area contributed by atoms with Crippen LogP contribution < -0.4 is 0 Å². The zero-order valence-corrected chi connectivity index (χ0v) is 27.2. The lowest BCUT2D eigenvalue weighted by Crippen LogP contribution is -2.47. The van der Waals surface area contributed by atoms with Gasteiger partial charge in [-0.25, -0.2) is 13.1 Å². The number of sulfonamides is 1. The maximum Gasteiger partial charge on any atom is 0.286 e. The molecule has 0 N–H and O–H groups in total. The Hall–Kier alpha value is -4.03. The molecule has 3 aromatic carbocycles. The number of hydrogen-bond donors (Lipinski definition) is 0. The standard InChI is InChI=1S/C35H36N6O3S2/c42-34-32(45-35(36-34)39-21-19-38(20-22-39)25-27-11-4-1-5-12-27)24-29-26-41(30-14-6-2-7-15-30)37-33(29)28-13-10-16-31(23-28)46(43,44)40-17-8-3-9-18-40/h1-2,4-7,10-16,23-24,26H,3,8-9,17-22,25H2. The predicted molar refractivity (Wildman–Crippen MR) is 183 cm³/mol. The van der Waals surface area contributed by atoms with Crippen LogP contribution in [0.15, 0.2) is 106 Å². The maximum absolute atomic E-state index is 13.5. The van der Waals surface area contributed by atoms with Crippen molar-refractivity contribution in [2.75, 3.05) is 39.3 Å². The molecule has 0 bridgehead atoms. The Morgan fingerprint density at radius 1 is 0.804 bits per heavy atom. The molecule has 7 rings (SSSR count). The molecule has 4 aromatic rings. The van der Waals surface area contributed by atoms with Gasteiger partial charge < -0.3 is 4.90 Å². The van der Waals surface area contributed by atoms with Crippen molar-refractivity contribution in [1.82, 2.24) is 23.9 Å². The van der Waals surface area contributed by atoms with E-state index in [-0.39, 0.29) is 10.8 Å². The summed E-state index contributed by atoms with van der Waals surface area (Å²) in [6.07, 6.45) is 6.52. The number of nitrogens with zero attached hydrogens (tertiary/aromatic N) is 6. The van der Waals surface area contributed by atoms with E-state index in [9.17, 15) is 13.2 Å². The van der Waals surface area contributed by atoms with Crippen LogP contribution in [0.5, 0.6) is 0 Å². The quantitative estimate of drug-likeness (QED) is 0.244. The summed E-state index contributed by atoms with van der Waals surface area (Å²) in [5.74, 6) is -0.272. The van der Waals surface area contributed by atoms with E-state index in [0.29, 0.717) is 29.3 Å². The molecule has 11 heteroatoms. The molecule has 0 aliphatic carbocycles. The molecule has 0 spiro atoms. The third-order valence-electron chi connectivity index (χ3n) is 8.61. The van der Waals surface area contributed by atoms with Gasteiger partial charge in [0.15, 0.2) is 5.17 Å². The minimum atomic E-state index is -3.63. The zero-order valence-electron chi connectivity index (χ0n) is 25.5. The predicted octanol–water partition coefficient (Wildman–Crippen LogP) is 5.50. The summed E-state index contributed by atoms with van der Waals surface area (Å²) < 4.78 is 30.4. The highest BCUT2D eigenvalue weighted by Crippen LogP contribution is 2.34. The van der Waals surface area contributed by atoms with Crippen LogP contribution in [0.1, 0.15) is 30.4 Å². The second-order valence-electron chi connectivity index (χ2n) is 11.8. The van der Waals surface area contributed by atoms with Gasteiger partial charge in [0.2, 0.25) is 10.0 Å². The van der Waals surface area contributed by atoms with Crippen LogP contribution >= 0.6 is 11.8 Å². The normalized spacial score (nSPS) is 19.1. The van der Waals surface area contributed by atoms with Crippen LogP contribution in [0, 0.1) is 0 Å². The number of amides is 1. The van der Waals surface area contributed by atoms with Crippen LogP contribution in [0.4, 0.5) is 0 Å². The van der Waals surface area contributed by atoms with Crippen molar-refractivity contribution in [2.45, 2.75) is 30.7 Å². The first-order valence-electron chi connectivity index (χ1n) is 15.7. The Morgan fingerprint density at radius 2 is 1.52 bits per heavy atom. The van der Waals surface area contributed by atoms with Crippen LogP contribution in [0.2, 0.25) is 0 Å². The molecule has 2 saturated heterocycles. The fraction of sp³-hybridized carbons (Fsp3) is 0.286. The minimum absolute atomic E-state index is 0.253. The summed E-state index contributed by atoms with van der Waals surface area (Å²) in [7, 11) is -3.63. The number of aliphatic imine (C=N–C) groups is 1. The van der Waals surface area contributed by atoms with Gasteiger partial charge >= 0.3 is 0 Å². The summed E-state index contributed by atoms with van der Waals surface area (Å²) in [4.78, 5) is 23.0. The monoisotopic (exact) mass is 652 g/mol. The zero-order chi connectivity index (χ0) is 31.5. The van der Waals surface area contributed by atoms with E-state index in [1.54, 1.807) is 27.2 Å². The summed E-state index contributed by atoms with van der Waals surface area (Å²) in [5.41, 5.74) is 4.15. The van der Waals surface area contributed by atoms with Gasteiger partial charge in [0.25, 0.3) is 5.91 Å². The highest BCUT2D eigenvalue weighted by atomic mass is 32.2. The molecule has 4 heterocycles. The molecule has 0 unspecified atom stereocenters. The van der Waals surface area contributed by atoms with Gasteiger partial charge in [-0.05, 0) is 60.5 Å². The number of benzene rings is 3. The first-order valence-corrected chi connectivity index (χ1v) is 18.0. The van der Waals surface area contributed by atoms with Crippen LogP contribution in [0.25, 0.3) is 23.0 Å². The molecule has 1 aromatic heterocycles. The fourth-order valence-electron chi connectivity index (χ4n) is 6.10. The highest BCUT2D eigenvalue weighted by molar-refractivity contribution is 8.18. The van der Waals surface area contributed by atoms with Gasteiger partial charge in [-0.2, -0.15) is 14.4 Å². The Labute approximate surface area is 274 Å². The topological polar surface area (TPSA) is 91.1 Å². The number of rotatable bonds is 7. The van der Waals surface area contributed by atoms with Gasteiger partial charge in [0.05, 0.1) is 15.5 Å². The van der Waals surface area contributed by atoms with E-state index in [4.69, 9.17) is 5.10 Å². The molecule has 236 valence electrons. The second-order valence-corrected chi connectivity index (χ2v) is 14.7. The third kappa shape index (κ3) is 6.59. The summed E-state index contributed by atoms with van der Waals surface area (Å²) >= 11 is 1.39. The third-order valence-corrected chi connectivity index (χ3v) is 11.6. The number of piperazine rings is 1. The lowest BCUT2D eigenvalue weighted by Gasteiger charge is -2.35. The first-order chi connectivity index (χ1) is 22.4. The fourth-order valence-corrected chi connectivity index (χ4v) is 8.62. The summed E-state index contributed by atoms with van der Waals surface area (Å²) in [6, 6.07) is 27.2. The average Bonchev–Trinajstić information content (AvgIpc) is 3.70. The van der Waals surface area contributed by atoms with E-state index in [0.717, 1.165) is 68.4 Å². The average molecular weight is 653 g/mol. The van der Waals surface area contributed by atoms with Crippen molar-refractivity contribution in [3.8, 4) is 16.9 Å². The van der Waals surface area contributed by atoms with Crippen molar-refractivity contribution >= 4 is 38.9 Å². The van der Waals surface area contributed by atoms with Crippen LogP contribution in [-0.4, -0.2) is 82.6 Å². The number of aromatic nitrogens is 2. The molecule has 2 fully saturated rings. The van der Waals surface area contributed by atoms with Crippen molar-refractivity contribution < 1.29 is 13.2 Å². The van der Waals surface area contributed by atoms with Gasteiger partial charge in [0, 0.05) is 63.1 Å². The molecule has 46 heavy (non-hydrogen) atoms. The number of thioether (sulfide) groups is 1. The van der Waals surface area contributed by atoms with Gasteiger partial charge in [-0.3, -0.25) is 9.69 Å². The van der Waals surface area contributed by atoms with E-state index < -0.39 is 10.0 Å². The van der Waals surface area contributed by atoms with Crippen molar-refractivity contribution in [3.63, 3.8) is 0 Å². The smallest absolute Gasteiger partial charge is 0.286 e. The minimum Gasteiger partial charge on any atom is -0.348 e. The molecular weight excluding hydrogens is 617 g/mol. The molecule has 9 nitrogen and oxygen atoms in total. The molecule has 1 amide bonds. The van der Waals surface area contributed by atoms with Gasteiger partial charge in [-0.1, -0.05) is 67.1 Å². The second kappa shape index (κ2) is 13.4. The van der Waals surface area contributed by atoms with Crippen molar-refractivity contribution in [3.05, 3.63) is 107 Å². The first kappa shape index (κ1) is 30.6. The van der Waals surface area contributed by atoms with E-state index in [1.807, 2.05) is 54.7 Å². The highest BCUT2D eigenvalue weighted by Gasteiger charge is 2.30. The molecular formula is C35H36N6O3S2. The van der Waals surface area contributed by atoms with E-state index in [2.05, 4.69) is 39.1 Å². The molecule has 0 saturated carbocycles. The Bertz CT molecular complexity index is 1880. The number of carbonyl (C=O) groups is 1. The summed E-state index contributed by atoms with van der Waals surface area (Å²) in [6.45, 7) is 5.38. The van der Waals surface area contributed by atoms with Gasteiger partial charge in [-0.15, -0.1) is 0 Å². The Morgan fingerprint density at radius 3 is 2.26 bits per heavy atom. The lowest BCUT2D eigenvalue weighted by atomic mass is 10.1. The Balaban J connectivity index is 1.14. The van der Waals surface area contributed by atoms with Crippen LogP contribution in [0.3, 0.4) is 0 Å². The Kier molecular flexibility index (Phi) is 8.90. The number of piperidine rings is 1. The molecule has 3 aliphatic heterocycles. The largest absolute Gasteiger partial charge is 0.348 e. The molecule has 0 atom stereocenters. The van der Waals surface area contributed by atoms with E-state index >= 15 is 0 Å². The van der Waals surface area contributed by atoms with Crippen molar-refractivity contribution in [2.24, 2.45) is 4.99 Å². The SMILES string of the molecule is O=C1N=C(N2CCN(Cc3ccccc3)CC2)SC1=Cc1cn(-c2ccccc2)nc1-c1cccc(S(=O)(=O)N2CCCCC2)c1. The number of para-hydroxylation sites is 1. The van der Waals surface area contributed by atoms with Gasteiger partial charge in [0.1, 0.15) is 5.69 Å². The lowest BCUT2D eigenvalue weighted by molar-refractivity contribution is -0.113.